The van der Waals surface area contributed by atoms with Crippen LogP contribution in [0.15, 0.2) is 36.4 Å². The van der Waals surface area contributed by atoms with Gasteiger partial charge >= 0.3 is 0 Å². The number of piperazine rings is 2. The number of nitrogens with zero attached hydrogens (tertiary/aromatic N) is 5. The Bertz CT molecular complexity index is 1330. The fraction of sp³-hybridized carbons (Fsp3) is 0.562. The number of benzene rings is 1. The summed E-state index contributed by atoms with van der Waals surface area (Å²) in [5.74, 6) is 3.20. The van der Waals surface area contributed by atoms with E-state index in [-0.39, 0.29) is 17.7 Å². The normalized spacial score (nSPS) is 22.1. The average molecular weight is 592 g/mol. The molecule has 2 amide bonds. The zero-order valence-electron chi connectivity index (χ0n) is 25.5. The monoisotopic (exact) mass is 591 g/mol. The molecule has 232 valence electrons. The molecule has 11 nitrogen and oxygen atoms in total. The summed E-state index contributed by atoms with van der Waals surface area (Å²) in [5, 5.41) is 3.99. The van der Waals surface area contributed by atoms with Crippen molar-refractivity contribution in [2.24, 2.45) is 11.8 Å². The van der Waals surface area contributed by atoms with Crippen LogP contribution >= 0.6 is 0 Å². The number of hydrogen-bond acceptors (Lipinski definition) is 9. The van der Waals surface area contributed by atoms with Gasteiger partial charge in [0, 0.05) is 75.6 Å². The number of nitrogens with one attached hydrogen (secondary N) is 1. The smallest absolute Gasteiger partial charge is 0.228 e. The second-order valence-corrected chi connectivity index (χ2v) is 11.5. The minimum absolute atomic E-state index is 0.126. The van der Waals surface area contributed by atoms with Crippen LogP contribution in [0.25, 0.3) is 10.9 Å². The number of allylic oxidation sites excluding steroid dienone is 4. The molecule has 2 atom stereocenters. The van der Waals surface area contributed by atoms with E-state index in [9.17, 15) is 9.59 Å². The first kappa shape index (κ1) is 30.6. The lowest BCUT2D eigenvalue weighted by atomic mass is 9.93. The molecule has 2 unspecified atom stereocenters. The average Bonchev–Trinajstić information content (AvgIpc) is 3.08. The number of methoxy groups -OCH3 is 2. The molecular formula is C32H45N7O4. The highest BCUT2D eigenvalue weighted by molar-refractivity contribution is 5.91. The Kier molecular flexibility index (Phi) is 10.3. The number of hydrogen-bond donors (Lipinski definition) is 2. The van der Waals surface area contributed by atoms with Crippen LogP contribution in [0.1, 0.15) is 38.5 Å². The molecule has 11 heteroatoms. The van der Waals surface area contributed by atoms with Gasteiger partial charge in [-0.2, -0.15) is 4.98 Å². The fourth-order valence-electron chi connectivity index (χ4n) is 6.17. The molecule has 0 spiro atoms. The van der Waals surface area contributed by atoms with Gasteiger partial charge in [0.05, 0.1) is 19.7 Å². The third-order valence-electron chi connectivity index (χ3n) is 8.76. The molecule has 1 aromatic heterocycles. The zero-order chi connectivity index (χ0) is 30.2. The van der Waals surface area contributed by atoms with Crippen molar-refractivity contribution in [1.82, 2.24) is 25.1 Å². The number of nitrogen functional groups attached to an aromatic ring is 1. The first-order valence-corrected chi connectivity index (χ1v) is 15.5. The van der Waals surface area contributed by atoms with Crippen molar-refractivity contribution in [2.45, 2.75) is 38.5 Å². The molecule has 0 bridgehead atoms. The van der Waals surface area contributed by atoms with E-state index in [1.807, 2.05) is 15.9 Å². The zero-order valence-corrected chi connectivity index (χ0v) is 25.5. The third-order valence-corrected chi connectivity index (χ3v) is 8.76. The van der Waals surface area contributed by atoms with Crippen molar-refractivity contribution < 1.29 is 19.1 Å². The van der Waals surface area contributed by atoms with Crippen LogP contribution in [0.4, 0.5) is 11.8 Å². The summed E-state index contributed by atoms with van der Waals surface area (Å²) in [5.41, 5.74) is 6.91. The molecule has 0 saturated carbocycles. The number of carbonyl (C=O) groups is 2. The minimum atomic E-state index is 0.126. The molecule has 6 rings (SSSR count). The Morgan fingerprint density at radius 1 is 0.791 bits per heavy atom. The van der Waals surface area contributed by atoms with Gasteiger partial charge in [0.2, 0.25) is 17.8 Å². The van der Waals surface area contributed by atoms with Gasteiger partial charge in [0.25, 0.3) is 0 Å². The predicted molar refractivity (Wildman–Crippen MR) is 168 cm³/mol. The maximum atomic E-state index is 12.8. The topological polar surface area (TPSA) is 126 Å². The lowest BCUT2D eigenvalue weighted by Gasteiger charge is -2.36. The fourth-order valence-corrected chi connectivity index (χ4v) is 6.17. The molecule has 1 aromatic carbocycles. The highest BCUT2D eigenvalue weighted by Gasteiger charge is 2.29. The number of amides is 2. The number of ether oxygens (including phenoxy) is 2. The van der Waals surface area contributed by atoms with Crippen LogP contribution < -0.4 is 25.4 Å². The molecule has 3 N–H and O–H groups in total. The highest BCUT2D eigenvalue weighted by atomic mass is 16.5. The largest absolute Gasteiger partial charge is 0.493 e. The molecule has 2 aromatic rings. The van der Waals surface area contributed by atoms with Gasteiger partial charge in [-0.3, -0.25) is 9.59 Å². The van der Waals surface area contributed by atoms with E-state index in [2.05, 4.69) is 39.5 Å². The maximum Gasteiger partial charge on any atom is 0.228 e. The number of nitrogens with two attached hydrogens (primary N) is 1. The highest BCUT2D eigenvalue weighted by Crippen LogP contribution is 2.34. The van der Waals surface area contributed by atoms with E-state index in [0.29, 0.717) is 60.9 Å². The molecule has 2 aliphatic carbocycles. The summed E-state index contributed by atoms with van der Waals surface area (Å²) in [6, 6.07) is 3.61. The SMILES string of the molecule is COc1cc2nc(N3CCN(C(=O)C4CC=CCC4)CC3)nc(N)c2cc1OC.O=C(C1CC=CCC1)N1CCNCC1. The second kappa shape index (κ2) is 14.5. The number of carbonyl (C=O) groups excluding carboxylic acids is 2. The van der Waals surface area contributed by atoms with Crippen LogP contribution in [0, 0.1) is 11.8 Å². The number of aromatic nitrogens is 2. The summed E-state index contributed by atoms with van der Waals surface area (Å²) >= 11 is 0. The number of anilines is 2. The van der Waals surface area contributed by atoms with Crippen LogP contribution in [0.2, 0.25) is 0 Å². The van der Waals surface area contributed by atoms with Crippen molar-refractivity contribution in [3.8, 4) is 11.5 Å². The van der Waals surface area contributed by atoms with Crippen molar-refractivity contribution >= 4 is 34.5 Å². The number of rotatable bonds is 5. The standard InChI is InChI=1S/C21H27N5O3.C11H18N2O/c1-28-17-12-15-16(13-18(17)29-2)23-21(24-19(15)22)26-10-8-25(9-11-26)20(27)14-6-4-3-5-7-14;14-11(10-4-2-1-3-5-10)13-8-6-12-7-9-13/h3-4,12-14H,5-11H2,1-2H3,(H2,22,23,24);1-2,10,12H,3-9H2. The summed E-state index contributed by atoms with van der Waals surface area (Å²) in [7, 11) is 3.17. The van der Waals surface area contributed by atoms with Crippen molar-refractivity contribution in [1.29, 1.82) is 0 Å². The number of fused-ring (bicyclic) bond motifs is 1. The summed E-state index contributed by atoms with van der Waals surface area (Å²) in [6.45, 7) is 6.40. The Hall–Kier alpha value is -3.86. The Morgan fingerprint density at radius 3 is 1.88 bits per heavy atom. The van der Waals surface area contributed by atoms with E-state index in [0.717, 1.165) is 70.1 Å². The lowest BCUT2D eigenvalue weighted by Crippen LogP contribution is -2.51. The van der Waals surface area contributed by atoms with Crippen molar-refractivity contribution in [2.75, 3.05) is 77.2 Å². The van der Waals surface area contributed by atoms with E-state index in [1.54, 1.807) is 20.3 Å². The van der Waals surface area contributed by atoms with Crippen LogP contribution in [-0.2, 0) is 9.59 Å². The molecule has 0 radical (unpaired) electrons. The Labute approximate surface area is 254 Å². The van der Waals surface area contributed by atoms with E-state index in [4.69, 9.17) is 20.2 Å². The van der Waals surface area contributed by atoms with Crippen molar-refractivity contribution in [3.05, 3.63) is 36.4 Å². The third kappa shape index (κ3) is 7.38. The molecule has 2 aliphatic heterocycles. The quantitative estimate of drug-likeness (QED) is 0.505. The molecule has 4 aliphatic rings. The first-order valence-electron chi connectivity index (χ1n) is 15.5. The van der Waals surface area contributed by atoms with Gasteiger partial charge in [-0.15, -0.1) is 0 Å². The molecule has 2 fully saturated rings. The second-order valence-electron chi connectivity index (χ2n) is 11.5. The van der Waals surface area contributed by atoms with Gasteiger partial charge in [-0.05, 0) is 44.6 Å². The van der Waals surface area contributed by atoms with Crippen LogP contribution in [-0.4, -0.2) is 98.2 Å². The van der Waals surface area contributed by atoms with E-state index < -0.39 is 0 Å². The van der Waals surface area contributed by atoms with Gasteiger partial charge in [0.1, 0.15) is 5.82 Å². The summed E-state index contributed by atoms with van der Waals surface area (Å²) < 4.78 is 10.7. The van der Waals surface area contributed by atoms with Crippen molar-refractivity contribution in [3.63, 3.8) is 0 Å². The van der Waals surface area contributed by atoms with Gasteiger partial charge < -0.3 is 35.2 Å². The predicted octanol–water partition coefficient (Wildman–Crippen LogP) is 3.01. The Balaban J connectivity index is 0.000000220. The van der Waals surface area contributed by atoms with Crippen LogP contribution in [0.5, 0.6) is 11.5 Å². The summed E-state index contributed by atoms with van der Waals surface area (Å²) in [6.07, 6.45) is 14.5. The van der Waals surface area contributed by atoms with Gasteiger partial charge in [-0.1, -0.05) is 24.3 Å². The first-order chi connectivity index (χ1) is 21.0. The molecule has 3 heterocycles. The molecule has 43 heavy (non-hydrogen) atoms. The van der Waals surface area contributed by atoms with Crippen LogP contribution in [0.3, 0.4) is 0 Å². The van der Waals surface area contributed by atoms with Gasteiger partial charge in [0.15, 0.2) is 11.5 Å². The van der Waals surface area contributed by atoms with E-state index in [1.165, 1.54) is 0 Å². The maximum absolute atomic E-state index is 12.8. The molecular weight excluding hydrogens is 546 g/mol. The Morgan fingerprint density at radius 2 is 1.35 bits per heavy atom. The minimum Gasteiger partial charge on any atom is -0.493 e. The van der Waals surface area contributed by atoms with Gasteiger partial charge in [-0.25, -0.2) is 4.98 Å². The lowest BCUT2D eigenvalue weighted by molar-refractivity contribution is -0.137. The van der Waals surface area contributed by atoms with E-state index >= 15 is 0 Å². The molecule has 2 saturated heterocycles. The summed E-state index contributed by atoms with van der Waals surface area (Å²) in [4.78, 5) is 40.0.